The maximum atomic E-state index is 6.09. The summed E-state index contributed by atoms with van der Waals surface area (Å²) in [4.78, 5) is 0. The predicted octanol–water partition coefficient (Wildman–Crippen LogP) is 5.74. The van der Waals surface area contributed by atoms with Crippen molar-refractivity contribution in [2.75, 3.05) is 0 Å². The van der Waals surface area contributed by atoms with Gasteiger partial charge in [0.1, 0.15) is 0 Å². The monoisotopic (exact) mass is 464 g/mol. The van der Waals surface area contributed by atoms with Gasteiger partial charge < -0.3 is 0 Å². The van der Waals surface area contributed by atoms with Crippen molar-refractivity contribution in [3.63, 3.8) is 0 Å². The molecule has 0 amide bonds. The molecule has 32 heavy (non-hydrogen) atoms. The minimum absolute atomic E-state index is 0.533. The fraction of sp³-hybridized carbons (Fsp3) is 0.167. The van der Waals surface area contributed by atoms with Crippen molar-refractivity contribution < 1.29 is 0 Å². The van der Waals surface area contributed by atoms with Crippen molar-refractivity contribution in [1.29, 1.82) is 0 Å². The molecule has 0 aliphatic rings. The molecule has 2 N–H and O–H groups in total. The number of aromatic amines is 2. The number of hydrogen-bond acceptors (Lipinski definition) is 4. The molecule has 162 valence electrons. The molecule has 0 unspecified atom stereocenters. The number of hydrogen-bond donors (Lipinski definition) is 2. The molecule has 0 saturated carbocycles. The highest BCUT2D eigenvalue weighted by Crippen LogP contribution is 2.16. The molecule has 0 aliphatic heterocycles. The molecule has 0 saturated heterocycles. The third-order valence-electron chi connectivity index (χ3n) is 4.86. The first-order chi connectivity index (χ1) is 15.5. The van der Waals surface area contributed by atoms with E-state index in [4.69, 9.17) is 23.2 Å². The minimum atomic E-state index is 0.533. The summed E-state index contributed by atoms with van der Waals surface area (Å²) in [7, 11) is 0. The second-order valence-corrected chi connectivity index (χ2v) is 8.42. The standard InChI is InChI=1S/C24H22Cl2N6/c1-15-11-21(29-27-15)13-23(17-3-7-19(25)8-4-17)31-32-24(14-22-12-16(2)28-30-22)18-5-9-20(26)10-6-18/h3-12H,13-14H2,1-2H3,(H,27,29)(H,28,30)/b31-23-,32-24-. The van der Waals surface area contributed by atoms with E-state index in [0.717, 1.165) is 45.3 Å². The summed E-state index contributed by atoms with van der Waals surface area (Å²) in [5.74, 6) is 0. The van der Waals surface area contributed by atoms with Crippen LogP contribution in [0.25, 0.3) is 0 Å². The van der Waals surface area contributed by atoms with E-state index in [-0.39, 0.29) is 0 Å². The van der Waals surface area contributed by atoms with Crippen LogP contribution in [0.1, 0.15) is 33.9 Å². The molecule has 0 spiro atoms. The molecule has 2 aromatic heterocycles. The van der Waals surface area contributed by atoms with Crippen molar-refractivity contribution in [3.05, 3.63) is 105 Å². The second kappa shape index (κ2) is 9.94. The van der Waals surface area contributed by atoms with Gasteiger partial charge in [0.2, 0.25) is 0 Å². The highest BCUT2D eigenvalue weighted by molar-refractivity contribution is 6.31. The number of nitrogens with one attached hydrogen (secondary N) is 2. The third kappa shape index (κ3) is 5.72. The molecule has 0 atom stereocenters. The van der Waals surface area contributed by atoms with Gasteiger partial charge in [-0.3, -0.25) is 10.2 Å². The van der Waals surface area contributed by atoms with E-state index in [0.29, 0.717) is 22.9 Å². The van der Waals surface area contributed by atoms with E-state index < -0.39 is 0 Å². The number of nitrogens with zero attached hydrogens (tertiary/aromatic N) is 4. The van der Waals surface area contributed by atoms with Crippen LogP contribution in [0, 0.1) is 13.8 Å². The zero-order valence-electron chi connectivity index (χ0n) is 17.7. The van der Waals surface area contributed by atoms with E-state index in [1.165, 1.54) is 0 Å². The molecule has 8 heteroatoms. The topological polar surface area (TPSA) is 82.1 Å². The molecule has 2 aromatic carbocycles. The largest absolute Gasteiger partial charge is 0.283 e. The Labute approximate surface area is 196 Å². The van der Waals surface area contributed by atoms with Gasteiger partial charge in [-0.15, -0.1) is 0 Å². The lowest BCUT2D eigenvalue weighted by Gasteiger charge is -2.07. The zero-order valence-corrected chi connectivity index (χ0v) is 19.2. The van der Waals surface area contributed by atoms with Crippen molar-refractivity contribution in [2.24, 2.45) is 10.2 Å². The summed E-state index contributed by atoms with van der Waals surface area (Å²) in [6.45, 7) is 3.94. The molecule has 0 bridgehead atoms. The van der Waals surface area contributed by atoms with Crippen LogP contribution in [-0.2, 0) is 12.8 Å². The number of H-pyrrole nitrogens is 2. The fourth-order valence-corrected chi connectivity index (χ4v) is 3.52. The molecular weight excluding hydrogens is 443 g/mol. The Morgan fingerprint density at radius 3 is 1.38 bits per heavy atom. The van der Waals surface area contributed by atoms with Gasteiger partial charge in [0.25, 0.3) is 0 Å². The Balaban J connectivity index is 1.74. The smallest absolute Gasteiger partial charge is 0.0763 e. The van der Waals surface area contributed by atoms with Crippen LogP contribution in [0.3, 0.4) is 0 Å². The average molecular weight is 465 g/mol. The van der Waals surface area contributed by atoms with Gasteiger partial charge in [0, 0.05) is 34.3 Å². The van der Waals surface area contributed by atoms with Crippen molar-refractivity contribution >= 4 is 34.6 Å². The lowest BCUT2D eigenvalue weighted by molar-refractivity contribution is 0.992. The Kier molecular flexibility index (Phi) is 6.83. The number of halogens is 2. The van der Waals surface area contributed by atoms with E-state index in [9.17, 15) is 0 Å². The molecule has 0 aliphatic carbocycles. The van der Waals surface area contributed by atoms with Crippen LogP contribution in [0.2, 0.25) is 10.0 Å². The average Bonchev–Trinajstić information content (AvgIpc) is 3.38. The number of aromatic nitrogens is 4. The SMILES string of the molecule is Cc1cc(C/C(=N/N=C(/Cc2cc(C)[nH]n2)c2ccc(Cl)cc2)c2ccc(Cl)cc2)n[nH]1. The summed E-state index contributed by atoms with van der Waals surface area (Å²) in [6.07, 6.45) is 1.07. The van der Waals surface area contributed by atoms with Crippen LogP contribution in [0.5, 0.6) is 0 Å². The predicted molar refractivity (Wildman–Crippen MR) is 130 cm³/mol. The minimum Gasteiger partial charge on any atom is -0.283 e. The summed E-state index contributed by atoms with van der Waals surface area (Å²) < 4.78 is 0. The van der Waals surface area contributed by atoms with Crippen LogP contribution >= 0.6 is 23.2 Å². The lowest BCUT2D eigenvalue weighted by atomic mass is 10.1. The summed E-state index contributed by atoms with van der Waals surface area (Å²) in [6, 6.07) is 19.1. The summed E-state index contributed by atoms with van der Waals surface area (Å²) >= 11 is 12.2. The van der Waals surface area contributed by atoms with Crippen molar-refractivity contribution in [3.8, 4) is 0 Å². The fourth-order valence-electron chi connectivity index (χ4n) is 3.27. The zero-order chi connectivity index (χ0) is 22.5. The number of aryl methyl sites for hydroxylation is 2. The van der Waals surface area contributed by atoms with Crippen LogP contribution in [0.4, 0.5) is 0 Å². The van der Waals surface area contributed by atoms with Crippen LogP contribution < -0.4 is 0 Å². The molecule has 2 heterocycles. The summed E-state index contributed by atoms with van der Waals surface area (Å²) in [5, 5.41) is 25.3. The quantitative estimate of drug-likeness (QED) is 0.270. The highest BCUT2D eigenvalue weighted by Gasteiger charge is 2.11. The second-order valence-electron chi connectivity index (χ2n) is 7.55. The first-order valence-electron chi connectivity index (χ1n) is 10.1. The third-order valence-corrected chi connectivity index (χ3v) is 5.37. The highest BCUT2D eigenvalue weighted by atomic mass is 35.5. The van der Waals surface area contributed by atoms with E-state index in [1.807, 2.05) is 74.5 Å². The maximum absolute atomic E-state index is 6.09. The number of benzene rings is 2. The van der Waals surface area contributed by atoms with Gasteiger partial charge in [-0.1, -0.05) is 47.5 Å². The first-order valence-corrected chi connectivity index (χ1v) is 10.9. The van der Waals surface area contributed by atoms with Gasteiger partial charge in [0.05, 0.1) is 22.8 Å². The van der Waals surface area contributed by atoms with Crippen molar-refractivity contribution in [2.45, 2.75) is 26.7 Å². The molecule has 4 rings (SSSR count). The lowest BCUT2D eigenvalue weighted by Crippen LogP contribution is -2.09. The van der Waals surface area contributed by atoms with Gasteiger partial charge in [0.15, 0.2) is 0 Å². The van der Waals surface area contributed by atoms with Crippen molar-refractivity contribution in [1.82, 2.24) is 20.4 Å². The molecular formula is C24H22Cl2N6. The summed E-state index contributed by atoms with van der Waals surface area (Å²) in [5.41, 5.74) is 7.22. The van der Waals surface area contributed by atoms with E-state index >= 15 is 0 Å². The molecule has 0 fully saturated rings. The Morgan fingerprint density at radius 2 is 1.06 bits per heavy atom. The first kappa shape index (κ1) is 22.0. The van der Waals surface area contributed by atoms with Gasteiger partial charge >= 0.3 is 0 Å². The van der Waals surface area contributed by atoms with Gasteiger partial charge in [-0.05, 0) is 61.4 Å². The van der Waals surface area contributed by atoms with Gasteiger partial charge in [-0.2, -0.15) is 20.4 Å². The Morgan fingerprint density at radius 1 is 0.688 bits per heavy atom. The van der Waals surface area contributed by atoms with Crippen LogP contribution in [0.15, 0.2) is 70.9 Å². The maximum Gasteiger partial charge on any atom is 0.0763 e. The van der Waals surface area contributed by atoms with E-state index in [1.54, 1.807) is 0 Å². The Hall–Kier alpha value is -3.22. The molecule has 4 aromatic rings. The van der Waals surface area contributed by atoms with Crippen LogP contribution in [-0.4, -0.2) is 31.8 Å². The van der Waals surface area contributed by atoms with E-state index in [2.05, 4.69) is 30.6 Å². The number of rotatable bonds is 7. The van der Waals surface area contributed by atoms with Gasteiger partial charge in [-0.25, -0.2) is 0 Å². The molecule has 0 radical (unpaired) electrons. The Bertz CT molecular complexity index is 1150. The molecule has 6 nitrogen and oxygen atoms in total. The normalized spacial score (nSPS) is 12.4.